The van der Waals surface area contributed by atoms with Gasteiger partial charge in [0.25, 0.3) is 5.69 Å². The van der Waals surface area contributed by atoms with E-state index < -0.39 is 11.0 Å². The van der Waals surface area contributed by atoms with Gasteiger partial charge in [0.15, 0.2) is 11.5 Å². The number of methoxy groups -OCH3 is 2. The van der Waals surface area contributed by atoms with Gasteiger partial charge in [-0.05, 0) is 35.7 Å². The van der Waals surface area contributed by atoms with Crippen molar-refractivity contribution in [1.82, 2.24) is 10.2 Å². The summed E-state index contributed by atoms with van der Waals surface area (Å²) in [6.07, 6.45) is 0.659. The van der Waals surface area contributed by atoms with Gasteiger partial charge in [-0.3, -0.25) is 19.7 Å². The molecule has 0 spiro atoms. The highest BCUT2D eigenvalue weighted by Gasteiger charge is 2.29. The Bertz CT molecular complexity index is 1030. The lowest BCUT2D eigenvalue weighted by molar-refractivity contribution is -0.385. The largest absolute Gasteiger partial charge is 0.493 e. The summed E-state index contributed by atoms with van der Waals surface area (Å²) in [4.78, 5) is 37.9. The third-order valence-corrected chi connectivity index (χ3v) is 6.24. The van der Waals surface area contributed by atoms with Gasteiger partial charge in [0.05, 0.1) is 19.1 Å². The minimum absolute atomic E-state index is 0.0191. The Balaban J connectivity index is 1.74. The van der Waals surface area contributed by atoms with Crippen molar-refractivity contribution in [2.75, 3.05) is 26.5 Å². The fourth-order valence-corrected chi connectivity index (χ4v) is 4.54. The highest BCUT2D eigenvalue weighted by molar-refractivity contribution is 7.99. The molecule has 0 fully saturated rings. The first kappa shape index (κ1) is 23.4. The number of benzene rings is 2. The SMILES string of the molecule is COc1cc2c(cc1OC)CN(C(=O)C(CSc1cccc([N+](=O)[O-])c1)NC(C)=O)CC2. The topological polar surface area (TPSA) is 111 Å². The number of rotatable bonds is 8. The van der Waals surface area contributed by atoms with Crippen LogP contribution in [0.4, 0.5) is 5.69 Å². The van der Waals surface area contributed by atoms with E-state index >= 15 is 0 Å². The van der Waals surface area contributed by atoms with Crippen LogP contribution < -0.4 is 14.8 Å². The Hall–Kier alpha value is -3.27. The van der Waals surface area contributed by atoms with Gasteiger partial charge in [-0.1, -0.05) is 6.07 Å². The number of thioether (sulfide) groups is 1. The molecule has 0 aliphatic carbocycles. The summed E-state index contributed by atoms with van der Waals surface area (Å²) in [5.41, 5.74) is 2.04. The van der Waals surface area contributed by atoms with Gasteiger partial charge < -0.3 is 19.7 Å². The second-order valence-electron chi connectivity index (χ2n) is 7.30. The van der Waals surface area contributed by atoms with Crippen molar-refractivity contribution in [3.05, 3.63) is 57.6 Å². The molecule has 2 aromatic carbocycles. The average Bonchev–Trinajstić information content (AvgIpc) is 2.79. The molecule has 1 unspecified atom stereocenters. The molecule has 1 aliphatic heterocycles. The molecular weight excluding hydrogens is 434 g/mol. The number of carbonyl (C=O) groups is 2. The standard InChI is InChI=1S/C22H25N3O6S/c1-14(26)23-19(13-32-18-6-4-5-17(11-18)25(28)29)22(27)24-8-7-15-9-20(30-2)21(31-3)10-16(15)12-24/h4-6,9-11,19H,7-8,12-13H2,1-3H3,(H,23,26). The summed E-state index contributed by atoms with van der Waals surface area (Å²) in [7, 11) is 3.15. The molecule has 3 rings (SSSR count). The van der Waals surface area contributed by atoms with Gasteiger partial charge in [0, 0.05) is 42.8 Å². The zero-order chi connectivity index (χ0) is 23.3. The number of nitrogens with zero attached hydrogens (tertiary/aromatic N) is 2. The fourth-order valence-electron chi connectivity index (χ4n) is 3.58. The number of hydrogen-bond donors (Lipinski definition) is 1. The zero-order valence-corrected chi connectivity index (χ0v) is 18.9. The zero-order valence-electron chi connectivity index (χ0n) is 18.1. The van der Waals surface area contributed by atoms with Crippen LogP contribution >= 0.6 is 11.8 Å². The molecule has 10 heteroatoms. The van der Waals surface area contributed by atoms with Gasteiger partial charge in [-0.25, -0.2) is 0 Å². The molecule has 0 saturated carbocycles. The molecule has 1 aliphatic rings. The molecule has 0 bridgehead atoms. The highest BCUT2D eigenvalue weighted by Crippen LogP contribution is 2.33. The molecule has 1 heterocycles. The molecule has 1 atom stereocenters. The average molecular weight is 460 g/mol. The minimum atomic E-state index is -0.751. The smallest absolute Gasteiger partial charge is 0.270 e. The summed E-state index contributed by atoms with van der Waals surface area (Å²) in [5, 5.41) is 13.7. The van der Waals surface area contributed by atoms with E-state index in [1.807, 2.05) is 12.1 Å². The van der Waals surface area contributed by atoms with Crippen molar-refractivity contribution >= 4 is 29.3 Å². The van der Waals surface area contributed by atoms with Crippen LogP contribution in [-0.4, -0.2) is 54.2 Å². The molecule has 9 nitrogen and oxygen atoms in total. The van der Waals surface area contributed by atoms with Crippen LogP contribution in [0.3, 0.4) is 0 Å². The summed E-state index contributed by atoms with van der Waals surface area (Å²) >= 11 is 1.29. The summed E-state index contributed by atoms with van der Waals surface area (Å²) in [6, 6.07) is 9.26. The second-order valence-corrected chi connectivity index (χ2v) is 8.40. The van der Waals surface area contributed by atoms with Crippen molar-refractivity contribution in [1.29, 1.82) is 0 Å². The third kappa shape index (κ3) is 5.50. The highest BCUT2D eigenvalue weighted by atomic mass is 32.2. The van der Waals surface area contributed by atoms with Crippen LogP contribution in [0.15, 0.2) is 41.3 Å². The van der Waals surface area contributed by atoms with E-state index in [0.717, 1.165) is 11.1 Å². The van der Waals surface area contributed by atoms with Gasteiger partial charge in [-0.15, -0.1) is 11.8 Å². The number of ether oxygens (including phenoxy) is 2. The first-order chi connectivity index (χ1) is 15.3. The van der Waals surface area contributed by atoms with Crippen molar-refractivity contribution in [3.63, 3.8) is 0 Å². The van der Waals surface area contributed by atoms with Gasteiger partial charge >= 0.3 is 0 Å². The van der Waals surface area contributed by atoms with Gasteiger partial charge in [0.1, 0.15) is 6.04 Å². The number of fused-ring (bicyclic) bond motifs is 1. The maximum absolute atomic E-state index is 13.3. The normalized spacial score (nSPS) is 13.7. The maximum atomic E-state index is 13.3. The quantitative estimate of drug-likeness (QED) is 0.367. The van der Waals surface area contributed by atoms with E-state index in [1.165, 1.54) is 30.8 Å². The molecule has 2 aromatic rings. The lowest BCUT2D eigenvalue weighted by Gasteiger charge is -2.32. The van der Waals surface area contributed by atoms with Crippen LogP contribution in [0.2, 0.25) is 0 Å². The summed E-state index contributed by atoms with van der Waals surface area (Å²) in [5.74, 6) is 0.996. The predicted octanol–water partition coefficient (Wildman–Crippen LogP) is 2.79. The summed E-state index contributed by atoms with van der Waals surface area (Å²) in [6.45, 7) is 2.27. The van der Waals surface area contributed by atoms with Crippen molar-refractivity contribution in [2.45, 2.75) is 30.8 Å². The number of non-ortho nitro benzene ring substituents is 1. The second kappa shape index (κ2) is 10.4. The molecular formula is C22H25N3O6S. The molecule has 2 amide bonds. The van der Waals surface area contributed by atoms with Crippen molar-refractivity contribution in [3.8, 4) is 11.5 Å². The van der Waals surface area contributed by atoms with E-state index in [1.54, 1.807) is 31.3 Å². The lowest BCUT2D eigenvalue weighted by Crippen LogP contribution is -2.50. The first-order valence-electron chi connectivity index (χ1n) is 9.99. The maximum Gasteiger partial charge on any atom is 0.270 e. The Morgan fingerprint density at radius 3 is 2.50 bits per heavy atom. The van der Waals surface area contributed by atoms with Gasteiger partial charge in [-0.2, -0.15) is 0 Å². The van der Waals surface area contributed by atoms with Crippen LogP contribution in [0.1, 0.15) is 18.1 Å². The number of carbonyl (C=O) groups excluding carboxylic acids is 2. The Morgan fingerprint density at radius 2 is 1.88 bits per heavy atom. The van der Waals surface area contributed by atoms with Gasteiger partial charge in [0.2, 0.25) is 11.8 Å². The third-order valence-electron chi connectivity index (χ3n) is 5.15. The number of nitrogens with one attached hydrogen (secondary N) is 1. The number of amides is 2. The molecule has 0 aromatic heterocycles. The summed E-state index contributed by atoms with van der Waals surface area (Å²) < 4.78 is 10.7. The molecule has 170 valence electrons. The first-order valence-corrected chi connectivity index (χ1v) is 11.0. The van der Waals surface area contributed by atoms with Crippen molar-refractivity contribution < 1.29 is 24.0 Å². The molecule has 0 radical (unpaired) electrons. The molecule has 1 N–H and O–H groups in total. The lowest BCUT2D eigenvalue weighted by atomic mass is 9.98. The molecule has 32 heavy (non-hydrogen) atoms. The Labute approximate surface area is 190 Å². The van der Waals surface area contributed by atoms with Crippen LogP contribution in [0, 0.1) is 10.1 Å². The van der Waals surface area contributed by atoms with E-state index in [-0.39, 0.29) is 23.3 Å². The predicted molar refractivity (Wildman–Crippen MR) is 120 cm³/mol. The van der Waals surface area contributed by atoms with E-state index in [9.17, 15) is 19.7 Å². The molecule has 0 saturated heterocycles. The number of hydrogen-bond acceptors (Lipinski definition) is 7. The van der Waals surface area contributed by atoms with E-state index in [4.69, 9.17) is 9.47 Å². The number of nitro benzene ring substituents is 1. The van der Waals surface area contributed by atoms with Crippen LogP contribution in [0.25, 0.3) is 0 Å². The van der Waals surface area contributed by atoms with Crippen molar-refractivity contribution in [2.24, 2.45) is 0 Å². The Morgan fingerprint density at radius 1 is 1.19 bits per heavy atom. The van der Waals surface area contributed by atoms with Crippen LogP contribution in [0.5, 0.6) is 11.5 Å². The fraction of sp³-hybridized carbons (Fsp3) is 0.364. The monoisotopic (exact) mass is 459 g/mol. The Kier molecular flexibility index (Phi) is 7.57. The minimum Gasteiger partial charge on any atom is -0.493 e. The van der Waals surface area contributed by atoms with E-state index in [0.29, 0.717) is 35.9 Å². The number of nitro groups is 1. The van der Waals surface area contributed by atoms with E-state index in [2.05, 4.69) is 5.32 Å². The van der Waals surface area contributed by atoms with Crippen LogP contribution in [-0.2, 0) is 22.6 Å².